The number of rotatable bonds is 4. The van der Waals surface area contributed by atoms with Crippen LogP contribution in [0.1, 0.15) is 29.8 Å². The molecule has 1 atom stereocenters. The maximum absolute atomic E-state index is 12.9. The number of ether oxygens (including phenoxy) is 2. The Morgan fingerprint density at radius 2 is 1.76 bits per heavy atom. The fourth-order valence-electron chi connectivity index (χ4n) is 3.29. The van der Waals surface area contributed by atoms with Gasteiger partial charge in [0.15, 0.2) is 17.2 Å². The second-order valence-corrected chi connectivity index (χ2v) is 6.66. The number of hydrogen-bond donors (Lipinski definition) is 0. The fraction of sp³-hybridized carbons (Fsp3) is 0.421. The van der Waals surface area contributed by atoms with Crippen molar-refractivity contribution in [1.29, 1.82) is 0 Å². The summed E-state index contributed by atoms with van der Waals surface area (Å²) in [5.41, 5.74) is -0.159. The quantitative estimate of drug-likeness (QED) is 0.773. The first-order valence-electron chi connectivity index (χ1n) is 8.85. The van der Waals surface area contributed by atoms with Gasteiger partial charge in [-0.05, 0) is 42.7 Å². The first kappa shape index (κ1) is 20.7. The molecule has 0 aliphatic carbocycles. The molecule has 2 heterocycles. The van der Waals surface area contributed by atoms with E-state index in [4.69, 9.17) is 9.47 Å². The molecule has 29 heavy (non-hydrogen) atoms. The lowest BCUT2D eigenvalue weighted by Gasteiger charge is -2.31. The molecule has 1 aromatic carbocycles. The van der Waals surface area contributed by atoms with Crippen LogP contribution in [0.5, 0.6) is 11.5 Å². The monoisotopic (exact) mass is 411 g/mol. The minimum absolute atomic E-state index is 0.243. The van der Waals surface area contributed by atoms with Gasteiger partial charge in [0, 0.05) is 19.2 Å². The van der Waals surface area contributed by atoms with Gasteiger partial charge in [0.05, 0.1) is 14.2 Å². The van der Waals surface area contributed by atoms with Crippen LogP contribution in [0.3, 0.4) is 0 Å². The highest BCUT2D eigenvalue weighted by molar-refractivity contribution is 5.80. The van der Waals surface area contributed by atoms with Crippen LogP contribution in [0.4, 0.5) is 13.2 Å². The molecule has 0 N–H and O–H groups in total. The summed E-state index contributed by atoms with van der Waals surface area (Å²) < 4.78 is 49.9. The lowest BCUT2D eigenvalue weighted by molar-refractivity contribution is -0.144. The van der Waals surface area contributed by atoms with E-state index >= 15 is 0 Å². The summed E-state index contributed by atoms with van der Waals surface area (Å²) in [6, 6.07) is 3.81. The molecule has 0 spiro atoms. The molecule has 0 saturated carbocycles. The van der Waals surface area contributed by atoms with Crippen molar-refractivity contribution >= 4 is 5.91 Å². The van der Waals surface area contributed by atoms with Gasteiger partial charge >= 0.3 is 6.18 Å². The molecule has 1 aliphatic rings. The number of fused-ring (bicyclic) bond motifs is 1. The third-order valence-corrected chi connectivity index (χ3v) is 4.87. The van der Waals surface area contributed by atoms with Gasteiger partial charge < -0.3 is 14.4 Å². The Kier molecular flexibility index (Phi) is 5.54. The summed E-state index contributed by atoms with van der Waals surface area (Å²) in [5.74, 6) is 0.614. The number of halogens is 3. The summed E-state index contributed by atoms with van der Waals surface area (Å²) in [7, 11) is 3.04. The number of aromatic nitrogens is 2. The topological polar surface area (TPSA) is 73.7 Å². The van der Waals surface area contributed by atoms with E-state index in [1.165, 1.54) is 26.0 Å². The standard InChI is InChI=1S/C19H20F3N3O4/c1-11(25-17(26)5-4-16(23-25)19(20,21)22)18(27)24-7-6-12-8-14(28-2)15(29-3)9-13(12)10-24/h4-5,8-9,11H,6-7,10H2,1-3H3. The predicted molar refractivity (Wildman–Crippen MR) is 96.9 cm³/mol. The van der Waals surface area contributed by atoms with E-state index in [-0.39, 0.29) is 6.54 Å². The Balaban J connectivity index is 1.86. The summed E-state index contributed by atoms with van der Waals surface area (Å²) >= 11 is 0. The molecule has 1 amide bonds. The second kappa shape index (κ2) is 7.76. The van der Waals surface area contributed by atoms with E-state index < -0.39 is 29.4 Å². The van der Waals surface area contributed by atoms with E-state index in [0.717, 1.165) is 17.2 Å². The first-order chi connectivity index (χ1) is 13.7. The first-order valence-corrected chi connectivity index (χ1v) is 8.85. The van der Waals surface area contributed by atoms with Gasteiger partial charge in [-0.15, -0.1) is 0 Å². The van der Waals surface area contributed by atoms with Crippen molar-refractivity contribution in [3.8, 4) is 11.5 Å². The Bertz CT molecular complexity index is 988. The molecule has 10 heteroatoms. The van der Waals surface area contributed by atoms with Crippen molar-refractivity contribution in [3.63, 3.8) is 0 Å². The molecule has 156 valence electrons. The van der Waals surface area contributed by atoms with Crippen molar-refractivity contribution in [2.45, 2.75) is 32.1 Å². The SMILES string of the molecule is COc1cc2c(cc1OC)CN(C(=O)C(C)n1nc(C(F)(F)F)ccc1=O)CC2. The van der Waals surface area contributed by atoms with E-state index in [2.05, 4.69) is 5.10 Å². The number of hydrogen-bond acceptors (Lipinski definition) is 5. The van der Waals surface area contributed by atoms with E-state index in [1.54, 1.807) is 6.07 Å². The zero-order chi connectivity index (χ0) is 21.3. The van der Waals surface area contributed by atoms with E-state index in [9.17, 15) is 22.8 Å². The van der Waals surface area contributed by atoms with Crippen LogP contribution < -0.4 is 15.0 Å². The molecule has 0 fully saturated rings. The van der Waals surface area contributed by atoms with Crippen molar-refractivity contribution in [2.75, 3.05) is 20.8 Å². The van der Waals surface area contributed by atoms with Gasteiger partial charge in [0.25, 0.3) is 5.56 Å². The van der Waals surface area contributed by atoms with Gasteiger partial charge in [-0.2, -0.15) is 18.3 Å². The number of nitrogens with zero attached hydrogens (tertiary/aromatic N) is 3. The molecule has 0 saturated heterocycles. The average molecular weight is 411 g/mol. The molecule has 1 aromatic heterocycles. The molecule has 0 bridgehead atoms. The van der Waals surface area contributed by atoms with Crippen LogP contribution in [0.25, 0.3) is 0 Å². The lowest BCUT2D eigenvalue weighted by atomic mass is 9.98. The van der Waals surface area contributed by atoms with Crippen LogP contribution in [-0.4, -0.2) is 41.4 Å². The van der Waals surface area contributed by atoms with Crippen LogP contribution >= 0.6 is 0 Å². The third kappa shape index (κ3) is 4.06. The van der Waals surface area contributed by atoms with E-state index in [0.29, 0.717) is 35.2 Å². The smallest absolute Gasteiger partial charge is 0.435 e. The second-order valence-electron chi connectivity index (χ2n) is 6.66. The maximum atomic E-state index is 12.9. The zero-order valence-electron chi connectivity index (χ0n) is 16.1. The predicted octanol–water partition coefficient (Wildman–Crippen LogP) is 2.43. The Labute approximate surface area is 164 Å². The van der Waals surface area contributed by atoms with Crippen molar-refractivity contribution in [1.82, 2.24) is 14.7 Å². The Morgan fingerprint density at radius 3 is 2.34 bits per heavy atom. The van der Waals surface area contributed by atoms with Crippen LogP contribution in [0.15, 0.2) is 29.1 Å². The molecule has 1 unspecified atom stereocenters. The minimum atomic E-state index is -4.71. The van der Waals surface area contributed by atoms with Gasteiger partial charge in [0.1, 0.15) is 6.04 Å². The molecule has 0 radical (unpaired) electrons. The minimum Gasteiger partial charge on any atom is -0.493 e. The van der Waals surface area contributed by atoms with Gasteiger partial charge in [-0.1, -0.05) is 0 Å². The molecular formula is C19H20F3N3O4. The molecular weight excluding hydrogens is 391 g/mol. The van der Waals surface area contributed by atoms with Crippen LogP contribution in [0.2, 0.25) is 0 Å². The molecule has 3 rings (SSSR count). The number of benzene rings is 1. The van der Waals surface area contributed by atoms with E-state index in [1.807, 2.05) is 6.07 Å². The van der Waals surface area contributed by atoms with Gasteiger partial charge in [0.2, 0.25) is 5.91 Å². The Hall–Kier alpha value is -3.04. The third-order valence-electron chi connectivity index (χ3n) is 4.87. The van der Waals surface area contributed by atoms with Gasteiger partial charge in [-0.3, -0.25) is 9.59 Å². The normalized spacial score (nSPS) is 14.9. The number of methoxy groups -OCH3 is 2. The highest BCUT2D eigenvalue weighted by Crippen LogP contribution is 2.33. The van der Waals surface area contributed by atoms with Crippen LogP contribution in [0, 0.1) is 0 Å². The molecule has 7 nitrogen and oxygen atoms in total. The molecule has 2 aromatic rings. The summed E-state index contributed by atoms with van der Waals surface area (Å²) in [4.78, 5) is 26.4. The van der Waals surface area contributed by atoms with Crippen molar-refractivity contribution in [3.05, 3.63) is 51.4 Å². The number of alkyl halides is 3. The van der Waals surface area contributed by atoms with Crippen molar-refractivity contribution in [2.24, 2.45) is 0 Å². The fourth-order valence-corrected chi connectivity index (χ4v) is 3.29. The zero-order valence-corrected chi connectivity index (χ0v) is 16.1. The van der Waals surface area contributed by atoms with Crippen molar-refractivity contribution < 1.29 is 27.4 Å². The maximum Gasteiger partial charge on any atom is 0.435 e. The summed E-state index contributed by atoms with van der Waals surface area (Å²) in [6.45, 7) is 1.97. The highest BCUT2D eigenvalue weighted by Gasteiger charge is 2.35. The lowest BCUT2D eigenvalue weighted by Crippen LogP contribution is -2.42. The number of carbonyl (C=O) groups is 1. The number of amides is 1. The average Bonchev–Trinajstić information content (AvgIpc) is 2.70. The van der Waals surface area contributed by atoms with Gasteiger partial charge in [-0.25, -0.2) is 4.68 Å². The largest absolute Gasteiger partial charge is 0.493 e. The van der Waals surface area contributed by atoms with Crippen LogP contribution in [-0.2, 0) is 23.9 Å². The molecule has 1 aliphatic heterocycles. The highest BCUT2D eigenvalue weighted by atomic mass is 19.4. The Morgan fingerprint density at radius 1 is 1.14 bits per heavy atom. The number of carbonyl (C=O) groups excluding carboxylic acids is 1. The summed E-state index contributed by atoms with van der Waals surface area (Å²) in [6.07, 6.45) is -4.17. The summed E-state index contributed by atoms with van der Waals surface area (Å²) in [5, 5.41) is 3.35.